The number of hydrogen-bond donors (Lipinski definition) is 1. The van der Waals surface area contributed by atoms with E-state index in [4.69, 9.17) is 5.73 Å². The molecule has 0 saturated carbocycles. The maximum Gasteiger partial charge on any atom is 0.176 e. The number of hydrogen-bond acceptors (Lipinski definition) is 2. The van der Waals surface area contributed by atoms with Gasteiger partial charge in [0.1, 0.15) is 0 Å². The van der Waals surface area contributed by atoms with Crippen LogP contribution in [0.15, 0.2) is 22.7 Å². The summed E-state index contributed by atoms with van der Waals surface area (Å²) in [6.07, 6.45) is 0. The molecule has 0 fully saturated rings. The number of carbonyl (C=O) groups is 1. The van der Waals surface area contributed by atoms with Crippen LogP contribution in [-0.2, 0) is 0 Å². The minimum absolute atomic E-state index is 0.0409. The van der Waals surface area contributed by atoms with Crippen molar-refractivity contribution in [3.63, 3.8) is 0 Å². The fourth-order valence-corrected chi connectivity index (χ4v) is 1.44. The Labute approximate surface area is 93.8 Å². The highest BCUT2D eigenvalue weighted by Crippen LogP contribution is 2.21. The Morgan fingerprint density at radius 3 is 2.62 bits per heavy atom. The van der Waals surface area contributed by atoms with Crippen LogP contribution in [0.4, 0.5) is 5.69 Å². The van der Waals surface area contributed by atoms with Gasteiger partial charge in [-0.2, -0.15) is 0 Å². The number of nitrogen functional groups attached to an aromatic ring is 1. The zero-order chi connectivity index (χ0) is 10.0. The van der Waals surface area contributed by atoms with E-state index in [1.54, 1.807) is 25.1 Å². The van der Waals surface area contributed by atoms with Gasteiger partial charge in [-0.3, -0.25) is 4.79 Å². The Balaban J connectivity index is 3.04. The highest BCUT2D eigenvalue weighted by molar-refractivity contribution is 9.10. The van der Waals surface area contributed by atoms with Gasteiger partial charge in [0.25, 0.3) is 0 Å². The summed E-state index contributed by atoms with van der Waals surface area (Å²) in [5.74, 6) is 0.0409. The minimum Gasteiger partial charge on any atom is -0.398 e. The average Bonchev–Trinajstić information content (AvgIpc) is 2.08. The molecule has 0 saturated heterocycles. The molecule has 1 aromatic carbocycles. The largest absolute Gasteiger partial charge is 0.398 e. The average molecular weight is 307 g/mol. The van der Waals surface area contributed by atoms with Crippen LogP contribution < -0.4 is 5.73 Å². The smallest absolute Gasteiger partial charge is 0.176 e. The first-order valence-electron chi connectivity index (χ1n) is 3.75. The van der Waals surface area contributed by atoms with Crippen molar-refractivity contribution in [2.45, 2.75) is 11.8 Å². The molecule has 2 N–H and O–H groups in total. The predicted molar refractivity (Wildman–Crippen MR) is 61.3 cm³/mol. The molecule has 1 rings (SSSR count). The summed E-state index contributed by atoms with van der Waals surface area (Å²) >= 11 is 6.48. The maximum atomic E-state index is 11.5. The first-order chi connectivity index (χ1) is 6.02. The number of benzene rings is 1. The van der Waals surface area contributed by atoms with Crippen LogP contribution in [0, 0.1) is 0 Å². The van der Waals surface area contributed by atoms with Crippen molar-refractivity contribution in [1.82, 2.24) is 0 Å². The molecule has 1 unspecified atom stereocenters. The molecule has 1 aromatic rings. The second-order valence-corrected chi connectivity index (χ2v) is 4.94. The summed E-state index contributed by atoms with van der Waals surface area (Å²) in [6, 6.07) is 5.20. The maximum absolute atomic E-state index is 11.5. The Bertz CT molecular complexity index is 336. The van der Waals surface area contributed by atoms with Crippen LogP contribution >= 0.6 is 31.9 Å². The molecule has 0 spiro atoms. The van der Waals surface area contributed by atoms with Crippen LogP contribution in [0.5, 0.6) is 0 Å². The summed E-state index contributed by atoms with van der Waals surface area (Å²) < 4.78 is 0.811. The highest BCUT2D eigenvalue weighted by atomic mass is 79.9. The molecule has 70 valence electrons. The lowest BCUT2D eigenvalue weighted by Gasteiger charge is -2.04. The van der Waals surface area contributed by atoms with Gasteiger partial charge in [0.2, 0.25) is 0 Å². The van der Waals surface area contributed by atoms with Crippen LogP contribution in [0.2, 0.25) is 0 Å². The molecule has 0 amide bonds. The van der Waals surface area contributed by atoms with Crippen molar-refractivity contribution < 1.29 is 4.79 Å². The second-order valence-electron chi connectivity index (χ2n) is 2.72. The lowest BCUT2D eigenvalue weighted by molar-refractivity contribution is 0.0996. The van der Waals surface area contributed by atoms with E-state index in [1.165, 1.54) is 0 Å². The molecule has 0 radical (unpaired) electrons. The minimum atomic E-state index is -0.173. The van der Waals surface area contributed by atoms with Crippen molar-refractivity contribution in [2.24, 2.45) is 0 Å². The van der Waals surface area contributed by atoms with E-state index in [0.29, 0.717) is 11.3 Å². The third kappa shape index (κ3) is 2.54. The number of Topliss-reactive ketones (excluding diaryl/α,β-unsaturated/α-hetero) is 1. The number of nitrogens with two attached hydrogens (primary N) is 1. The predicted octanol–water partition coefficient (Wildman–Crippen LogP) is 3.00. The molecular weight excluding hydrogens is 298 g/mol. The number of halogens is 2. The zero-order valence-electron chi connectivity index (χ0n) is 7.05. The third-order valence-electron chi connectivity index (χ3n) is 1.64. The van der Waals surface area contributed by atoms with Gasteiger partial charge < -0.3 is 5.73 Å². The van der Waals surface area contributed by atoms with Crippen LogP contribution in [0.3, 0.4) is 0 Å². The summed E-state index contributed by atoms with van der Waals surface area (Å²) in [6.45, 7) is 1.79. The van der Waals surface area contributed by atoms with E-state index in [-0.39, 0.29) is 10.6 Å². The van der Waals surface area contributed by atoms with Gasteiger partial charge in [-0.1, -0.05) is 22.0 Å². The van der Waals surface area contributed by atoms with Gasteiger partial charge in [-0.05, 0) is 35.0 Å². The first-order valence-corrected chi connectivity index (χ1v) is 5.46. The number of anilines is 1. The lowest BCUT2D eigenvalue weighted by atomic mass is 10.1. The van der Waals surface area contributed by atoms with E-state index in [1.807, 2.05) is 0 Å². The molecule has 2 nitrogen and oxygen atoms in total. The van der Waals surface area contributed by atoms with Gasteiger partial charge in [-0.25, -0.2) is 0 Å². The Morgan fingerprint density at radius 2 is 2.15 bits per heavy atom. The van der Waals surface area contributed by atoms with Crippen molar-refractivity contribution in [3.8, 4) is 0 Å². The quantitative estimate of drug-likeness (QED) is 0.518. The van der Waals surface area contributed by atoms with Gasteiger partial charge in [0, 0.05) is 15.7 Å². The topological polar surface area (TPSA) is 43.1 Å². The lowest BCUT2D eigenvalue weighted by Crippen LogP contribution is -2.10. The normalized spacial score (nSPS) is 12.5. The Morgan fingerprint density at radius 1 is 1.54 bits per heavy atom. The molecule has 4 heteroatoms. The number of rotatable bonds is 2. The monoisotopic (exact) mass is 305 g/mol. The van der Waals surface area contributed by atoms with E-state index in [2.05, 4.69) is 31.9 Å². The third-order valence-corrected chi connectivity index (χ3v) is 2.78. The molecule has 13 heavy (non-hydrogen) atoms. The molecule has 1 atom stereocenters. The van der Waals surface area contributed by atoms with Crippen molar-refractivity contribution >= 4 is 43.3 Å². The highest BCUT2D eigenvalue weighted by Gasteiger charge is 2.12. The molecule has 0 aliphatic heterocycles. The zero-order valence-corrected chi connectivity index (χ0v) is 10.2. The number of ketones is 1. The molecule has 0 aliphatic rings. The number of carbonyl (C=O) groups excluding carboxylic acids is 1. The summed E-state index contributed by atoms with van der Waals surface area (Å²) in [5, 5.41) is 0. The first kappa shape index (κ1) is 10.7. The Hall–Kier alpha value is -0.350. The summed E-state index contributed by atoms with van der Waals surface area (Å²) in [5.41, 5.74) is 6.86. The van der Waals surface area contributed by atoms with E-state index in [0.717, 1.165) is 4.47 Å². The van der Waals surface area contributed by atoms with Crippen LogP contribution in [-0.4, -0.2) is 10.6 Å². The molecule has 0 heterocycles. The molecular formula is C9H9Br2NO. The van der Waals surface area contributed by atoms with Gasteiger partial charge in [-0.15, -0.1) is 0 Å². The van der Waals surface area contributed by atoms with E-state index in [9.17, 15) is 4.79 Å². The van der Waals surface area contributed by atoms with Crippen LogP contribution in [0.1, 0.15) is 17.3 Å². The van der Waals surface area contributed by atoms with Gasteiger partial charge in [0.15, 0.2) is 5.78 Å². The number of alkyl halides is 1. The SMILES string of the molecule is CC(Br)C(=O)c1ccc(Br)c(N)c1. The fraction of sp³-hybridized carbons (Fsp3) is 0.222. The van der Waals surface area contributed by atoms with Crippen molar-refractivity contribution in [2.75, 3.05) is 5.73 Å². The van der Waals surface area contributed by atoms with Gasteiger partial charge in [0.05, 0.1) is 4.83 Å². The van der Waals surface area contributed by atoms with Crippen molar-refractivity contribution in [3.05, 3.63) is 28.2 Å². The summed E-state index contributed by atoms with van der Waals surface area (Å²) in [7, 11) is 0. The summed E-state index contributed by atoms with van der Waals surface area (Å²) in [4.78, 5) is 11.3. The molecule has 0 aromatic heterocycles. The van der Waals surface area contributed by atoms with E-state index >= 15 is 0 Å². The van der Waals surface area contributed by atoms with Gasteiger partial charge >= 0.3 is 0 Å². The standard InChI is InChI=1S/C9H9Br2NO/c1-5(10)9(13)6-2-3-7(11)8(12)4-6/h2-5H,12H2,1H3. The second kappa shape index (κ2) is 4.24. The molecule has 0 bridgehead atoms. The van der Waals surface area contributed by atoms with Crippen molar-refractivity contribution in [1.29, 1.82) is 0 Å². The van der Waals surface area contributed by atoms with Crippen LogP contribution in [0.25, 0.3) is 0 Å². The molecule has 0 aliphatic carbocycles. The van der Waals surface area contributed by atoms with E-state index < -0.39 is 0 Å². The Kier molecular flexibility index (Phi) is 3.50. The fourth-order valence-electron chi connectivity index (χ4n) is 0.927.